The lowest BCUT2D eigenvalue weighted by Gasteiger charge is -2.12. The molecule has 6 heteroatoms. The molecule has 0 aliphatic carbocycles. The van der Waals surface area contributed by atoms with E-state index in [1.165, 1.54) is 11.8 Å². The van der Waals surface area contributed by atoms with Crippen LogP contribution in [0, 0.1) is 0 Å². The van der Waals surface area contributed by atoms with Crippen LogP contribution in [0.5, 0.6) is 5.75 Å². The van der Waals surface area contributed by atoms with E-state index in [-0.39, 0.29) is 18.3 Å². The Morgan fingerprint density at radius 3 is 2.82 bits per heavy atom. The summed E-state index contributed by atoms with van der Waals surface area (Å²) in [6.07, 6.45) is 0. The highest BCUT2D eigenvalue weighted by molar-refractivity contribution is 8.14. The molecule has 1 aromatic rings. The minimum atomic E-state index is -1.14. The van der Waals surface area contributed by atoms with Crippen LogP contribution in [-0.2, 0) is 0 Å². The summed E-state index contributed by atoms with van der Waals surface area (Å²) < 4.78 is 5.25. The van der Waals surface area contributed by atoms with E-state index in [0.717, 1.165) is 16.4 Å². The number of alkyl halides is 1. The van der Waals surface area contributed by atoms with E-state index in [2.05, 4.69) is 4.99 Å². The zero-order valence-electron chi connectivity index (χ0n) is 9.22. The third kappa shape index (κ3) is 3.07. The second kappa shape index (κ2) is 5.96. The van der Waals surface area contributed by atoms with Crippen molar-refractivity contribution in [3.8, 4) is 5.75 Å². The van der Waals surface area contributed by atoms with Gasteiger partial charge in [0.05, 0.1) is 18.7 Å². The first kappa shape index (κ1) is 14.6. The number of benzene rings is 1. The molecule has 0 aromatic heterocycles. The van der Waals surface area contributed by atoms with Gasteiger partial charge in [-0.05, 0) is 12.1 Å². The van der Waals surface area contributed by atoms with Gasteiger partial charge in [-0.1, -0.05) is 12.1 Å². The number of nitrogens with zero attached hydrogens (tertiary/aromatic N) is 1. The van der Waals surface area contributed by atoms with Crippen molar-refractivity contribution in [3.63, 3.8) is 0 Å². The smallest absolute Gasteiger partial charge is 0.180 e. The van der Waals surface area contributed by atoms with E-state index in [0.29, 0.717) is 5.75 Å². The molecule has 1 aromatic carbocycles. The van der Waals surface area contributed by atoms with Crippen LogP contribution in [0.25, 0.3) is 0 Å². The molecule has 0 bridgehead atoms. The van der Waals surface area contributed by atoms with Gasteiger partial charge in [0.2, 0.25) is 0 Å². The highest BCUT2D eigenvalue weighted by atomic mass is 35.5. The molecule has 0 radical (unpaired) electrons. The molecular weight excluding hydrogens is 281 g/mol. The number of methoxy groups -OCH3 is 1. The van der Waals surface area contributed by atoms with Crippen molar-refractivity contribution in [2.75, 3.05) is 18.7 Å². The number of aliphatic imine (C=N–C) groups is 1. The van der Waals surface area contributed by atoms with Crippen molar-refractivity contribution in [1.29, 1.82) is 0 Å². The molecule has 0 spiro atoms. The Balaban J connectivity index is 0.00000144. The van der Waals surface area contributed by atoms with E-state index in [1.54, 1.807) is 7.11 Å². The normalized spacial score (nSPS) is 22.9. The second-order valence-electron chi connectivity index (χ2n) is 3.52. The molecule has 17 heavy (non-hydrogen) atoms. The summed E-state index contributed by atoms with van der Waals surface area (Å²) in [4.78, 5) is 4.24. The summed E-state index contributed by atoms with van der Waals surface area (Å²) in [6.45, 7) is 0. The minimum Gasteiger partial charge on any atom is -0.496 e. The van der Waals surface area contributed by atoms with Crippen LogP contribution >= 0.6 is 35.8 Å². The number of hydrogen-bond donors (Lipinski definition) is 1. The van der Waals surface area contributed by atoms with Crippen molar-refractivity contribution < 1.29 is 9.84 Å². The van der Waals surface area contributed by atoms with Gasteiger partial charge in [-0.25, -0.2) is 4.99 Å². The minimum absolute atomic E-state index is 0. The van der Waals surface area contributed by atoms with Crippen molar-refractivity contribution in [3.05, 3.63) is 29.8 Å². The fourth-order valence-corrected chi connectivity index (χ4v) is 2.82. The maximum Gasteiger partial charge on any atom is 0.180 e. The Labute approximate surface area is 116 Å². The largest absolute Gasteiger partial charge is 0.496 e. The maximum atomic E-state index is 9.91. The Morgan fingerprint density at radius 1 is 1.53 bits per heavy atom. The van der Waals surface area contributed by atoms with Gasteiger partial charge in [0, 0.05) is 5.56 Å². The monoisotopic (exact) mass is 293 g/mol. The molecule has 0 saturated carbocycles. The third-order valence-corrected chi connectivity index (χ3v) is 3.92. The molecule has 1 aliphatic rings. The summed E-state index contributed by atoms with van der Waals surface area (Å²) in [6, 6.07) is 7.61. The first-order valence-corrected chi connectivity index (χ1v) is 6.35. The van der Waals surface area contributed by atoms with Crippen molar-refractivity contribution in [1.82, 2.24) is 0 Å². The van der Waals surface area contributed by atoms with Gasteiger partial charge in [-0.2, -0.15) is 0 Å². The molecule has 3 nitrogen and oxygen atoms in total. The number of halogens is 2. The van der Waals surface area contributed by atoms with E-state index >= 15 is 0 Å². The molecule has 1 atom stereocenters. The lowest BCUT2D eigenvalue weighted by molar-refractivity contribution is 0.103. The summed E-state index contributed by atoms with van der Waals surface area (Å²) in [5, 5.41) is 10.7. The zero-order chi connectivity index (χ0) is 11.6. The molecule has 0 saturated heterocycles. The Morgan fingerprint density at radius 2 is 2.24 bits per heavy atom. The average molecular weight is 294 g/mol. The Bertz CT molecular complexity index is 428. The molecule has 1 aliphatic heterocycles. The standard InChI is InChI=1S/C11H12ClNO2S.ClH/c1-15-9-5-3-2-4-8(9)10-13-11(14,6-12)7-16-10;/h2-5,14H,6-7H2,1H3;1H. The van der Waals surface area contributed by atoms with Crippen LogP contribution in [0.15, 0.2) is 29.3 Å². The van der Waals surface area contributed by atoms with E-state index in [1.807, 2.05) is 24.3 Å². The van der Waals surface area contributed by atoms with Crippen molar-refractivity contribution in [2.45, 2.75) is 5.72 Å². The number of hydrogen-bond acceptors (Lipinski definition) is 4. The van der Waals surface area contributed by atoms with Crippen LogP contribution in [0.1, 0.15) is 5.56 Å². The van der Waals surface area contributed by atoms with Crippen molar-refractivity contribution >= 4 is 40.8 Å². The lowest BCUT2D eigenvalue weighted by atomic mass is 10.2. The first-order valence-electron chi connectivity index (χ1n) is 4.83. The van der Waals surface area contributed by atoms with Gasteiger partial charge < -0.3 is 9.84 Å². The van der Waals surface area contributed by atoms with E-state index in [4.69, 9.17) is 16.3 Å². The summed E-state index contributed by atoms with van der Waals surface area (Å²) >= 11 is 7.17. The molecule has 1 N–H and O–H groups in total. The number of rotatable bonds is 3. The van der Waals surface area contributed by atoms with Gasteiger partial charge in [0.25, 0.3) is 0 Å². The number of para-hydroxylation sites is 1. The van der Waals surface area contributed by atoms with Crippen LogP contribution in [-0.4, -0.2) is 34.6 Å². The van der Waals surface area contributed by atoms with E-state index in [9.17, 15) is 5.11 Å². The summed E-state index contributed by atoms with van der Waals surface area (Å²) in [5.41, 5.74) is -0.237. The lowest BCUT2D eigenvalue weighted by Crippen LogP contribution is -2.28. The van der Waals surface area contributed by atoms with Gasteiger partial charge in [0.1, 0.15) is 10.8 Å². The number of thioether (sulfide) groups is 1. The maximum absolute atomic E-state index is 9.91. The van der Waals surface area contributed by atoms with Gasteiger partial charge >= 0.3 is 0 Å². The van der Waals surface area contributed by atoms with E-state index < -0.39 is 5.72 Å². The average Bonchev–Trinajstić information content (AvgIpc) is 2.73. The Kier molecular flexibility index (Phi) is 5.13. The molecular formula is C11H13Cl2NO2S. The van der Waals surface area contributed by atoms with Crippen LogP contribution in [0.3, 0.4) is 0 Å². The SMILES string of the molecule is COc1ccccc1C1=NC(O)(CCl)CS1.Cl. The van der Waals surface area contributed by atoms with Gasteiger partial charge in [-0.15, -0.1) is 35.8 Å². The summed E-state index contributed by atoms with van der Waals surface area (Å²) in [5.74, 6) is 1.36. The molecule has 94 valence electrons. The highest BCUT2D eigenvalue weighted by Gasteiger charge is 2.33. The first-order chi connectivity index (χ1) is 7.68. The second-order valence-corrected chi connectivity index (χ2v) is 4.75. The number of aliphatic hydroxyl groups is 1. The van der Waals surface area contributed by atoms with Crippen LogP contribution < -0.4 is 4.74 Å². The zero-order valence-corrected chi connectivity index (χ0v) is 11.6. The third-order valence-electron chi connectivity index (χ3n) is 2.30. The van der Waals surface area contributed by atoms with Crippen LogP contribution in [0.4, 0.5) is 0 Å². The van der Waals surface area contributed by atoms with Crippen molar-refractivity contribution in [2.24, 2.45) is 4.99 Å². The molecule has 0 amide bonds. The summed E-state index contributed by atoms with van der Waals surface area (Å²) in [7, 11) is 1.62. The fraction of sp³-hybridized carbons (Fsp3) is 0.364. The topological polar surface area (TPSA) is 41.8 Å². The number of ether oxygens (including phenoxy) is 1. The predicted molar refractivity (Wildman–Crippen MR) is 74.9 cm³/mol. The predicted octanol–water partition coefficient (Wildman–Crippen LogP) is 2.54. The van der Waals surface area contributed by atoms with Gasteiger partial charge in [-0.3, -0.25) is 0 Å². The van der Waals surface area contributed by atoms with Crippen LogP contribution in [0.2, 0.25) is 0 Å². The highest BCUT2D eigenvalue weighted by Crippen LogP contribution is 2.33. The quantitative estimate of drug-likeness (QED) is 0.871. The molecule has 2 rings (SSSR count). The fourth-order valence-electron chi connectivity index (χ4n) is 1.47. The molecule has 0 fully saturated rings. The Hall–Kier alpha value is -0.420. The molecule has 1 heterocycles. The van der Waals surface area contributed by atoms with Gasteiger partial charge in [0.15, 0.2) is 5.72 Å². The molecule has 1 unspecified atom stereocenters.